The Labute approximate surface area is 550 Å². The van der Waals surface area contributed by atoms with Crippen LogP contribution in [0.5, 0.6) is 0 Å². The summed E-state index contributed by atoms with van der Waals surface area (Å²) in [6.07, 6.45) is 0. The van der Waals surface area contributed by atoms with Crippen molar-refractivity contribution in [1.82, 2.24) is 9.13 Å². The van der Waals surface area contributed by atoms with E-state index in [9.17, 15) is 21.7 Å². The number of hydrogen-bond acceptors (Lipinski definition) is 3. The van der Waals surface area contributed by atoms with E-state index in [4.69, 9.17) is 5.48 Å². The largest absolute Gasteiger partial charge is 0.310 e. The van der Waals surface area contributed by atoms with Crippen molar-refractivity contribution in [2.45, 2.75) is 0 Å². The van der Waals surface area contributed by atoms with Gasteiger partial charge in [0.15, 0.2) is 0 Å². The maximum Gasteiger partial charge on any atom is 0.252 e. The van der Waals surface area contributed by atoms with Crippen molar-refractivity contribution in [2.75, 3.05) is 9.80 Å². The average Bonchev–Trinajstić information content (AvgIpc) is 0.990. The van der Waals surface area contributed by atoms with E-state index < -0.39 is 103 Å². The number of para-hydroxylation sites is 6. The van der Waals surface area contributed by atoms with Crippen LogP contribution in [-0.2, 0) is 0 Å². The summed E-state index contributed by atoms with van der Waals surface area (Å²) in [4.78, 5) is 4.46. The maximum absolute atomic E-state index is 10.8. The van der Waals surface area contributed by atoms with Crippen LogP contribution >= 0.6 is 0 Å². The number of nitriles is 1. The van der Waals surface area contributed by atoms with Gasteiger partial charge in [0.1, 0.15) is 0 Å². The zero-order valence-electron chi connectivity index (χ0n) is 64.3. The first-order valence-corrected chi connectivity index (χ1v) is 29.9. The van der Waals surface area contributed by atoms with Crippen LogP contribution in [0.15, 0.2) is 327 Å². The molecule has 4 heterocycles. The molecule has 0 saturated heterocycles. The summed E-state index contributed by atoms with van der Waals surface area (Å²) in [5.41, 5.74) is 14.5. The van der Waals surface area contributed by atoms with Crippen molar-refractivity contribution in [2.24, 2.45) is 0 Å². The quantitative estimate of drug-likeness (QED) is 0.135. The molecule has 0 amide bonds. The maximum atomic E-state index is 10.8. The summed E-state index contributed by atoms with van der Waals surface area (Å²) in [6, 6.07) is 69.2. The molecule has 6 heteroatoms. The molecule has 0 saturated carbocycles. The predicted molar refractivity (Wildman–Crippen MR) is 381 cm³/mol. The summed E-state index contributed by atoms with van der Waals surface area (Å²) < 4.78 is 153. The molecule has 422 valence electrons. The van der Waals surface area contributed by atoms with Crippen LogP contribution in [0, 0.1) is 11.3 Å². The Kier molecular flexibility index (Phi) is 8.82. The first kappa shape index (κ1) is 38.2. The highest BCUT2D eigenvalue weighted by atomic mass is 15.2. The molecule has 16 aromatic rings. The summed E-state index contributed by atoms with van der Waals surface area (Å²) in [6.45, 7) is -0.797. The fourth-order valence-corrected chi connectivity index (χ4v) is 14.0. The second-order valence-corrected chi connectivity index (χ2v) is 22.6. The monoisotopic (exact) mass is 1170 g/mol. The Hall–Kier alpha value is -12.2. The molecule has 18 rings (SSSR count). The SMILES string of the molecule is [2H]c1c([2H])c([2H])c2c(c1[2H])c1c([2H])c([2H])c([2H])c([2H])c1n2-c1ccc2c(c1)N(c1c(-c3ccccc3)cccc1-c1ccccc1)c1cc(-c3cccc(C#N)c3)cc3c1B2c1ccc(-n2c4c([2H])c([2H])c([2H])c([2H])c4c4c([2H])c([2H])c([2H])c([2H])c42)cc1N3c1c(-c2ccccc2)cccc1-c1ccccc1. The van der Waals surface area contributed by atoms with Gasteiger partial charge in [-0.05, 0) is 122 Å². The minimum atomic E-state index is -0.797. The van der Waals surface area contributed by atoms with Crippen LogP contribution in [-0.4, -0.2) is 15.8 Å². The highest BCUT2D eigenvalue weighted by molar-refractivity contribution is 7.00. The summed E-state index contributed by atoms with van der Waals surface area (Å²) >= 11 is 0. The predicted octanol–water partition coefficient (Wildman–Crippen LogP) is 20.2. The van der Waals surface area contributed by atoms with Gasteiger partial charge in [0, 0.05) is 77.9 Å². The van der Waals surface area contributed by atoms with Gasteiger partial charge in [-0.25, -0.2) is 0 Å². The third-order valence-electron chi connectivity index (χ3n) is 17.8. The Bertz CT molecular complexity index is 5990. The van der Waals surface area contributed by atoms with Crippen molar-refractivity contribution in [3.05, 3.63) is 333 Å². The minimum Gasteiger partial charge on any atom is -0.310 e. The smallest absolute Gasteiger partial charge is 0.252 e. The second kappa shape index (κ2) is 21.0. The molecule has 0 aliphatic carbocycles. The van der Waals surface area contributed by atoms with Crippen LogP contribution in [0.3, 0.4) is 0 Å². The van der Waals surface area contributed by atoms with E-state index in [1.807, 2.05) is 188 Å². The third kappa shape index (κ3) is 8.19. The highest BCUT2D eigenvalue weighted by Crippen LogP contribution is 2.54. The van der Waals surface area contributed by atoms with E-state index >= 15 is 0 Å². The summed E-state index contributed by atoms with van der Waals surface area (Å²) in [5.74, 6) is 0. The van der Waals surface area contributed by atoms with Crippen LogP contribution in [0.1, 0.15) is 27.5 Å². The van der Waals surface area contributed by atoms with Crippen molar-refractivity contribution in [1.29, 1.82) is 5.26 Å². The van der Waals surface area contributed by atoms with Crippen molar-refractivity contribution < 1.29 is 21.9 Å². The molecule has 2 aliphatic rings. The van der Waals surface area contributed by atoms with E-state index in [0.29, 0.717) is 61.7 Å². The first-order valence-electron chi connectivity index (χ1n) is 37.9. The molecule has 0 radical (unpaired) electrons. The first-order chi connectivity index (χ1) is 51.8. The summed E-state index contributed by atoms with van der Waals surface area (Å²) in [7, 11) is 0. The number of aromatic nitrogens is 2. The van der Waals surface area contributed by atoms with Gasteiger partial charge >= 0.3 is 0 Å². The van der Waals surface area contributed by atoms with Gasteiger partial charge in [0.25, 0.3) is 6.71 Å². The molecule has 2 aliphatic heterocycles. The highest BCUT2D eigenvalue weighted by Gasteiger charge is 2.46. The fraction of sp³-hybridized carbons (Fsp3) is 0. The van der Waals surface area contributed by atoms with Crippen molar-refractivity contribution in [3.63, 3.8) is 0 Å². The Morgan fingerprint density at radius 1 is 0.308 bits per heavy atom. The van der Waals surface area contributed by atoms with Gasteiger partial charge in [0.2, 0.25) is 0 Å². The van der Waals surface area contributed by atoms with Gasteiger partial charge in [-0.15, -0.1) is 0 Å². The molecule has 0 fully saturated rings. The Balaban J connectivity index is 1.06. The molecule has 0 spiro atoms. The van der Waals surface area contributed by atoms with Crippen LogP contribution in [0.2, 0.25) is 0 Å². The van der Waals surface area contributed by atoms with E-state index in [0.717, 1.165) is 50.0 Å². The molecule has 0 unspecified atom stereocenters. The average molecular weight is 1170 g/mol. The van der Waals surface area contributed by atoms with E-state index in [2.05, 4.69) is 52.3 Å². The van der Waals surface area contributed by atoms with Crippen LogP contribution in [0.4, 0.5) is 34.1 Å². The van der Waals surface area contributed by atoms with E-state index in [-0.39, 0.29) is 55.0 Å². The van der Waals surface area contributed by atoms with Crippen LogP contribution < -0.4 is 26.2 Å². The molecule has 2 aromatic heterocycles. The van der Waals surface area contributed by atoms with Gasteiger partial charge < -0.3 is 18.9 Å². The standard InChI is InChI=1S/C85H54BN5/c87-55-56-24-21-33-61(50-56)62-51-81-83-82(52-62)91(85-67(59-29-9-3-10-30-59)40-23-41-68(85)60-31-11-4-12-32-60)80-54-64(89-77-44-19-15-36-71(77)72-37-16-20-45-78(72)89)47-49-74(80)86(83)73-48-46-63(88-75-42-17-13-34-69(75)70-35-14-18-43-76(70)88)53-79(73)90(81)84-65(57-25-5-1-6-26-57)38-22-39-66(84)58-27-7-2-8-28-58/h1-54H/i13D,14D,15D,16D,17D,18D,19D,20D,34D,35D,36D,37D,42D,43D,44D,45D. The van der Waals surface area contributed by atoms with Crippen molar-refractivity contribution in [3.8, 4) is 73.1 Å². The van der Waals surface area contributed by atoms with E-state index in [1.54, 1.807) is 6.07 Å². The lowest BCUT2D eigenvalue weighted by Gasteiger charge is -2.46. The van der Waals surface area contributed by atoms with E-state index in [1.165, 1.54) is 9.13 Å². The van der Waals surface area contributed by atoms with Gasteiger partial charge in [-0.3, -0.25) is 0 Å². The number of fused-ring (bicyclic) bond motifs is 10. The number of benzene rings is 14. The lowest BCUT2D eigenvalue weighted by atomic mass is 9.33. The number of anilines is 6. The molecule has 0 atom stereocenters. The second-order valence-electron chi connectivity index (χ2n) is 22.6. The number of nitrogens with zero attached hydrogens (tertiary/aromatic N) is 5. The Morgan fingerprint density at radius 3 is 1.01 bits per heavy atom. The minimum absolute atomic E-state index is 0.0745. The molecular weight excluding hydrogens is 1100 g/mol. The van der Waals surface area contributed by atoms with Crippen molar-refractivity contribution >= 4 is 101 Å². The fourth-order valence-electron chi connectivity index (χ4n) is 14.0. The zero-order valence-corrected chi connectivity index (χ0v) is 48.3. The molecule has 91 heavy (non-hydrogen) atoms. The lowest BCUT2D eigenvalue weighted by molar-refractivity contribution is 1.17. The Morgan fingerprint density at radius 2 is 0.648 bits per heavy atom. The van der Waals surface area contributed by atoms with Crippen LogP contribution in [0.25, 0.3) is 111 Å². The molecule has 5 nitrogen and oxygen atoms in total. The lowest BCUT2D eigenvalue weighted by Crippen LogP contribution is -2.61. The normalized spacial score (nSPS) is 14.8. The van der Waals surface area contributed by atoms with Gasteiger partial charge in [-0.1, -0.05) is 255 Å². The third-order valence-corrected chi connectivity index (χ3v) is 17.8. The molecule has 0 N–H and O–H groups in total. The summed E-state index contributed by atoms with van der Waals surface area (Å²) in [5, 5.41) is 10.4. The zero-order chi connectivity index (χ0) is 74.0. The van der Waals surface area contributed by atoms with Gasteiger partial charge in [-0.2, -0.15) is 5.26 Å². The van der Waals surface area contributed by atoms with Gasteiger partial charge in [0.05, 0.1) is 67.0 Å². The molecule has 0 bridgehead atoms. The topological polar surface area (TPSA) is 40.1 Å². The number of rotatable bonds is 9. The molecular formula is C85H54BN5. The number of hydrogen-bond donors (Lipinski definition) is 0. The molecule has 14 aromatic carbocycles.